The molecule has 0 N–H and O–H groups in total. The van der Waals surface area contributed by atoms with E-state index in [0.29, 0.717) is 13.1 Å². The second-order valence-corrected chi connectivity index (χ2v) is 5.96. The summed E-state index contributed by atoms with van der Waals surface area (Å²) in [6.07, 6.45) is 0.181. The maximum absolute atomic E-state index is 13.1. The summed E-state index contributed by atoms with van der Waals surface area (Å²) >= 11 is 3.08. The molecule has 22 heavy (non-hydrogen) atoms. The number of carbonyl (C=O) groups excluding carboxylic acids is 1. The van der Waals surface area contributed by atoms with Crippen LogP contribution < -0.4 is 0 Å². The predicted molar refractivity (Wildman–Crippen MR) is 85.9 cm³/mol. The monoisotopic (exact) mass is 373 g/mol. The van der Waals surface area contributed by atoms with E-state index in [1.54, 1.807) is 4.90 Å². The molecule has 122 valence electrons. The molecule has 1 aliphatic heterocycles. The molecule has 0 aromatic heterocycles. The molecule has 0 saturated carbocycles. The van der Waals surface area contributed by atoms with Gasteiger partial charge in [0.25, 0.3) is 0 Å². The highest BCUT2D eigenvalue weighted by molar-refractivity contribution is 9.09. The molecule has 0 radical (unpaired) electrons. The van der Waals surface area contributed by atoms with E-state index in [0.717, 1.165) is 18.4 Å². The molecule has 1 heterocycles. The van der Waals surface area contributed by atoms with Crippen LogP contribution in [0.25, 0.3) is 0 Å². The molecule has 1 saturated heterocycles. The van der Waals surface area contributed by atoms with Crippen molar-refractivity contribution >= 4 is 22.0 Å². The Balaban J connectivity index is 1.66. The van der Waals surface area contributed by atoms with E-state index < -0.39 is 6.17 Å². The highest BCUT2D eigenvalue weighted by atomic mass is 79.9. The Bertz CT molecular complexity index is 452. The molecule has 1 amide bonds. The first-order chi connectivity index (χ1) is 10.7. The molecule has 2 rings (SSSR count). The zero-order valence-electron chi connectivity index (χ0n) is 12.4. The van der Waals surface area contributed by atoms with Crippen molar-refractivity contribution < 1.29 is 18.7 Å². The van der Waals surface area contributed by atoms with Crippen molar-refractivity contribution in [2.75, 3.05) is 25.0 Å². The molecular formula is C16H21BrFNO3. The fourth-order valence-electron chi connectivity index (χ4n) is 2.30. The van der Waals surface area contributed by atoms with Crippen LogP contribution in [0.3, 0.4) is 0 Å². The van der Waals surface area contributed by atoms with Crippen molar-refractivity contribution in [2.24, 2.45) is 0 Å². The maximum Gasteiger partial charge on any atom is 0.410 e. The first kappa shape index (κ1) is 17.2. The Kier molecular flexibility index (Phi) is 7.12. The van der Waals surface area contributed by atoms with Gasteiger partial charge in [-0.3, -0.25) is 0 Å². The van der Waals surface area contributed by atoms with Crippen LogP contribution in [0.5, 0.6) is 0 Å². The van der Waals surface area contributed by atoms with Gasteiger partial charge in [-0.1, -0.05) is 46.3 Å². The summed E-state index contributed by atoms with van der Waals surface area (Å²) in [4.78, 5) is 13.7. The van der Waals surface area contributed by atoms with Gasteiger partial charge >= 0.3 is 6.09 Å². The van der Waals surface area contributed by atoms with Crippen molar-refractivity contribution in [1.29, 1.82) is 0 Å². The number of carbonyl (C=O) groups is 1. The molecule has 0 aliphatic carbocycles. The number of alkyl halides is 2. The van der Waals surface area contributed by atoms with E-state index in [4.69, 9.17) is 9.47 Å². The van der Waals surface area contributed by atoms with Gasteiger partial charge in [-0.15, -0.1) is 0 Å². The van der Waals surface area contributed by atoms with Crippen LogP contribution >= 0.6 is 15.9 Å². The van der Waals surface area contributed by atoms with Crippen molar-refractivity contribution in [3.05, 3.63) is 35.9 Å². The van der Waals surface area contributed by atoms with Crippen LogP contribution in [0.15, 0.2) is 30.3 Å². The lowest BCUT2D eigenvalue weighted by molar-refractivity contribution is -0.0123. The topological polar surface area (TPSA) is 38.8 Å². The third kappa shape index (κ3) is 5.57. The maximum atomic E-state index is 13.1. The molecule has 6 heteroatoms. The van der Waals surface area contributed by atoms with Gasteiger partial charge in [0.2, 0.25) is 0 Å². The fraction of sp³-hybridized carbons (Fsp3) is 0.562. The Morgan fingerprint density at radius 2 is 2.00 bits per heavy atom. The first-order valence-electron chi connectivity index (χ1n) is 7.46. The minimum atomic E-state index is -0.978. The van der Waals surface area contributed by atoms with E-state index >= 15 is 0 Å². The Morgan fingerprint density at radius 1 is 1.32 bits per heavy atom. The van der Waals surface area contributed by atoms with E-state index in [1.807, 2.05) is 30.3 Å². The number of rotatable bonds is 6. The number of amides is 1. The van der Waals surface area contributed by atoms with Gasteiger partial charge in [-0.05, 0) is 18.4 Å². The van der Waals surface area contributed by atoms with Gasteiger partial charge in [0.05, 0.1) is 12.7 Å². The molecule has 1 atom stereocenters. The third-order valence-corrected chi connectivity index (χ3v) is 4.29. The lowest BCUT2D eigenvalue weighted by Gasteiger charge is -2.31. The van der Waals surface area contributed by atoms with Gasteiger partial charge in [0, 0.05) is 18.4 Å². The zero-order valence-corrected chi connectivity index (χ0v) is 14.0. The second kappa shape index (κ2) is 9.10. The van der Waals surface area contributed by atoms with Gasteiger partial charge < -0.3 is 14.4 Å². The summed E-state index contributed by atoms with van der Waals surface area (Å²) < 4.78 is 23.9. The lowest BCUT2D eigenvalue weighted by atomic mass is 10.1. The molecule has 4 nitrogen and oxygen atoms in total. The minimum absolute atomic E-state index is 0.0236. The fourth-order valence-corrected chi connectivity index (χ4v) is 2.49. The summed E-state index contributed by atoms with van der Waals surface area (Å²) in [7, 11) is 0. The van der Waals surface area contributed by atoms with Gasteiger partial charge in [0.1, 0.15) is 12.8 Å². The van der Waals surface area contributed by atoms with Crippen LogP contribution in [0.4, 0.5) is 9.18 Å². The van der Waals surface area contributed by atoms with Crippen LogP contribution in [0.2, 0.25) is 0 Å². The third-order valence-electron chi connectivity index (χ3n) is 3.59. The molecule has 1 aliphatic rings. The first-order valence-corrected chi connectivity index (χ1v) is 8.58. The largest absolute Gasteiger partial charge is 0.445 e. The Morgan fingerprint density at radius 3 is 2.64 bits per heavy atom. The quantitative estimate of drug-likeness (QED) is 0.715. The van der Waals surface area contributed by atoms with Crippen LogP contribution in [-0.4, -0.2) is 48.3 Å². The van der Waals surface area contributed by atoms with E-state index in [-0.39, 0.29) is 30.7 Å². The van der Waals surface area contributed by atoms with Crippen molar-refractivity contribution in [3.63, 3.8) is 0 Å². The van der Waals surface area contributed by atoms with E-state index in [2.05, 4.69) is 15.9 Å². The molecule has 1 aromatic carbocycles. The second-order valence-electron chi connectivity index (χ2n) is 5.31. The average molecular weight is 374 g/mol. The standard InChI is InChI=1S/C16H21BrFNO3/c17-10-14(18)12-21-15-6-8-19(9-7-15)16(20)22-11-13-4-2-1-3-5-13/h1-5,14-15H,6-12H2. The Hall–Kier alpha value is -1.14. The van der Waals surface area contributed by atoms with Gasteiger partial charge in [0.15, 0.2) is 0 Å². The smallest absolute Gasteiger partial charge is 0.410 e. The van der Waals surface area contributed by atoms with Crippen molar-refractivity contribution in [2.45, 2.75) is 31.7 Å². The van der Waals surface area contributed by atoms with Crippen molar-refractivity contribution in [3.8, 4) is 0 Å². The number of hydrogen-bond donors (Lipinski definition) is 0. The normalized spacial score (nSPS) is 17.3. The highest BCUT2D eigenvalue weighted by Gasteiger charge is 2.24. The molecule has 1 unspecified atom stereocenters. The summed E-state index contributed by atoms with van der Waals surface area (Å²) in [6.45, 7) is 1.56. The summed E-state index contributed by atoms with van der Waals surface area (Å²) in [6, 6.07) is 9.59. The molecule has 0 bridgehead atoms. The highest BCUT2D eigenvalue weighted by Crippen LogP contribution is 2.16. The van der Waals surface area contributed by atoms with Crippen LogP contribution in [0.1, 0.15) is 18.4 Å². The SMILES string of the molecule is O=C(OCc1ccccc1)N1CCC(OCC(F)CBr)CC1. The number of piperidine rings is 1. The van der Waals surface area contributed by atoms with Crippen molar-refractivity contribution in [1.82, 2.24) is 4.90 Å². The lowest BCUT2D eigenvalue weighted by Crippen LogP contribution is -2.41. The van der Waals surface area contributed by atoms with E-state index in [9.17, 15) is 9.18 Å². The van der Waals surface area contributed by atoms with Gasteiger partial charge in [-0.25, -0.2) is 9.18 Å². The number of halogens is 2. The molecule has 0 spiro atoms. The average Bonchev–Trinajstić information content (AvgIpc) is 2.59. The molecular weight excluding hydrogens is 353 g/mol. The summed E-state index contributed by atoms with van der Waals surface area (Å²) in [5, 5.41) is 0.289. The number of hydrogen-bond acceptors (Lipinski definition) is 3. The van der Waals surface area contributed by atoms with Gasteiger partial charge in [-0.2, -0.15) is 0 Å². The zero-order chi connectivity index (χ0) is 15.8. The molecule has 1 aromatic rings. The Labute approximate surface area is 138 Å². The number of ether oxygens (including phenoxy) is 2. The minimum Gasteiger partial charge on any atom is -0.445 e. The molecule has 1 fully saturated rings. The number of nitrogens with zero attached hydrogens (tertiary/aromatic N) is 1. The number of benzene rings is 1. The predicted octanol–water partition coefficient (Wildman–Crippen LogP) is 3.54. The number of likely N-dealkylation sites (tertiary alicyclic amines) is 1. The van der Waals surface area contributed by atoms with Crippen LogP contribution in [-0.2, 0) is 16.1 Å². The van der Waals surface area contributed by atoms with E-state index in [1.165, 1.54) is 0 Å². The summed E-state index contributed by atoms with van der Waals surface area (Å²) in [5.74, 6) is 0. The summed E-state index contributed by atoms with van der Waals surface area (Å²) in [5.41, 5.74) is 0.970. The van der Waals surface area contributed by atoms with Crippen LogP contribution in [0, 0.1) is 0 Å².